The molecule has 4 heterocycles. The predicted octanol–water partition coefficient (Wildman–Crippen LogP) is 25.2. The normalized spacial score (nSPS) is 12.6. The van der Waals surface area contributed by atoms with Gasteiger partial charge in [0.1, 0.15) is 22.3 Å². The fraction of sp³-hybridized carbons (Fsp3) is 0. The van der Waals surface area contributed by atoms with E-state index in [1.165, 1.54) is 0 Å². The molecule has 8 nitrogen and oxygen atoms in total. The van der Waals surface area contributed by atoms with E-state index in [2.05, 4.69) is 357 Å². The van der Waals surface area contributed by atoms with E-state index in [1.807, 2.05) is 12.1 Å². The van der Waals surface area contributed by atoms with Crippen LogP contribution in [0.5, 0.6) is 0 Å². The average molecular weight is 1210 g/mol. The maximum Gasteiger partial charge on any atom is 0.137 e. The SMILES string of the molecule is c1ccc(N(c2ccccc2)c2cccc(N3c4ccccc4N(c4ccc5cc6cc(N7c8ccccc8N(c8cccc(N(c9ccccc9)c9ccccc9)c8)c8cc9c(cc87)oc7ccccc79)ccc6cc5c4)c4cc5oc6ccccc6c5cc43)c2)cc1. The van der Waals surface area contributed by atoms with Crippen molar-refractivity contribution in [1.29, 1.82) is 0 Å². The lowest BCUT2D eigenvalue weighted by molar-refractivity contribution is 0.668. The summed E-state index contributed by atoms with van der Waals surface area (Å²) in [5.74, 6) is 0. The first-order chi connectivity index (χ1) is 46.6. The molecule has 17 aromatic rings. The van der Waals surface area contributed by atoms with E-state index < -0.39 is 0 Å². The van der Waals surface area contributed by atoms with Crippen LogP contribution in [0.2, 0.25) is 0 Å². The molecular weight excluding hydrogens is 1150 g/mol. The molecule has 94 heavy (non-hydrogen) atoms. The summed E-state index contributed by atoms with van der Waals surface area (Å²) < 4.78 is 13.4. The minimum Gasteiger partial charge on any atom is -0.456 e. The van der Waals surface area contributed by atoms with Gasteiger partial charge in [0.15, 0.2) is 0 Å². The molecule has 0 fully saturated rings. The van der Waals surface area contributed by atoms with E-state index >= 15 is 0 Å². The summed E-state index contributed by atoms with van der Waals surface area (Å²) in [7, 11) is 0. The van der Waals surface area contributed by atoms with E-state index in [0.29, 0.717) is 0 Å². The summed E-state index contributed by atoms with van der Waals surface area (Å²) in [5.41, 5.74) is 22.3. The third-order valence-corrected chi connectivity index (χ3v) is 18.7. The van der Waals surface area contributed by atoms with Gasteiger partial charge in [-0.15, -0.1) is 0 Å². The van der Waals surface area contributed by atoms with Gasteiger partial charge in [0.25, 0.3) is 0 Å². The molecule has 19 rings (SSSR count). The minimum absolute atomic E-state index is 0.830. The number of anilines is 18. The second kappa shape index (κ2) is 21.4. The summed E-state index contributed by atoms with van der Waals surface area (Å²) >= 11 is 0. The molecule has 0 spiro atoms. The first-order valence-electron chi connectivity index (χ1n) is 31.9. The Hall–Kier alpha value is -12.8. The molecule has 2 aliphatic heterocycles. The van der Waals surface area contributed by atoms with Gasteiger partial charge in [0, 0.05) is 90.6 Å². The zero-order valence-corrected chi connectivity index (χ0v) is 50.8. The quantitative estimate of drug-likeness (QED) is 0.126. The van der Waals surface area contributed by atoms with Gasteiger partial charge in [-0.3, -0.25) is 0 Å². The Bertz CT molecular complexity index is 5370. The maximum absolute atomic E-state index is 6.72. The van der Waals surface area contributed by atoms with Crippen LogP contribution in [0.3, 0.4) is 0 Å². The molecule has 8 heteroatoms. The maximum atomic E-state index is 6.72. The lowest BCUT2D eigenvalue weighted by Gasteiger charge is -2.40. The topological polar surface area (TPSA) is 45.7 Å². The van der Waals surface area contributed by atoms with Crippen molar-refractivity contribution in [2.75, 3.05) is 29.4 Å². The van der Waals surface area contributed by atoms with Crippen LogP contribution in [0.25, 0.3) is 65.4 Å². The van der Waals surface area contributed by atoms with E-state index in [9.17, 15) is 0 Å². The second-order valence-corrected chi connectivity index (χ2v) is 24.2. The molecule has 0 atom stereocenters. The second-order valence-electron chi connectivity index (χ2n) is 24.2. The minimum atomic E-state index is 0.830. The van der Waals surface area contributed by atoms with Gasteiger partial charge in [-0.25, -0.2) is 0 Å². The number of para-hydroxylation sites is 10. The molecule has 0 unspecified atom stereocenters. The monoisotopic (exact) mass is 1200 g/mol. The van der Waals surface area contributed by atoms with Crippen LogP contribution in [0.4, 0.5) is 102 Å². The summed E-state index contributed by atoms with van der Waals surface area (Å²) in [6.45, 7) is 0. The summed E-state index contributed by atoms with van der Waals surface area (Å²) in [5, 5.41) is 8.83. The van der Waals surface area contributed by atoms with Crippen LogP contribution in [-0.4, -0.2) is 0 Å². The molecule has 0 saturated carbocycles. The number of fused-ring (bicyclic) bond motifs is 12. The Morgan fingerprint density at radius 3 is 0.862 bits per heavy atom. The van der Waals surface area contributed by atoms with Gasteiger partial charge in [0.2, 0.25) is 0 Å². The molecule has 0 saturated heterocycles. The highest BCUT2D eigenvalue weighted by Gasteiger charge is 2.35. The molecule has 0 aliphatic carbocycles. The van der Waals surface area contributed by atoms with Crippen LogP contribution in [0, 0.1) is 0 Å². The summed E-state index contributed by atoms with van der Waals surface area (Å²) in [6.07, 6.45) is 0. The van der Waals surface area contributed by atoms with Crippen molar-refractivity contribution in [1.82, 2.24) is 0 Å². The van der Waals surface area contributed by atoms with Crippen LogP contribution in [0.1, 0.15) is 0 Å². The summed E-state index contributed by atoms with van der Waals surface area (Å²) in [6, 6.07) is 122. The van der Waals surface area contributed by atoms with Crippen molar-refractivity contribution in [2.24, 2.45) is 0 Å². The number of nitrogens with zero attached hydrogens (tertiary/aromatic N) is 6. The van der Waals surface area contributed by atoms with Gasteiger partial charge >= 0.3 is 0 Å². The number of hydrogen-bond donors (Lipinski definition) is 0. The van der Waals surface area contributed by atoms with Crippen molar-refractivity contribution >= 4 is 168 Å². The van der Waals surface area contributed by atoms with Gasteiger partial charge in [0.05, 0.1) is 45.5 Å². The zero-order chi connectivity index (χ0) is 61.8. The third kappa shape index (κ3) is 8.61. The van der Waals surface area contributed by atoms with Crippen molar-refractivity contribution < 1.29 is 8.83 Å². The fourth-order valence-electron chi connectivity index (χ4n) is 14.5. The van der Waals surface area contributed by atoms with Crippen molar-refractivity contribution in [3.8, 4) is 0 Å². The first-order valence-corrected chi connectivity index (χ1v) is 31.9. The largest absolute Gasteiger partial charge is 0.456 e. The Labute approximate surface area is 542 Å². The summed E-state index contributed by atoms with van der Waals surface area (Å²) in [4.78, 5) is 14.3. The Morgan fingerprint density at radius 1 is 0.181 bits per heavy atom. The predicted molar refractivity (Wildman–Crippen MR) is 391 cm³/mol. The molecular formula is C86H56N6O2. The lowest BCUT2D eigenvalue weighted by atomic mass is 9.99. The Morgan fingerprint density at radius 2 is 0.489 bits per heavy atom. The highest BCUT2D eigenvalue weighted by Crippen LogP contribution is 2.59. The Kier molecular flexibility index (Phi) is 12.1. The fourth-order valence-corrected chi connectivity index (χ4v) is 14.5. The van der Waals surface area contributed by atoms with Crippen LogP contribution >= 0.6 is 0 Å². The Balaban J connectivity index is 0.733. The van der Waals surface area contributed by atoms with Crippen LogP contribution < -0.4 is 29.4 Å². The molecule has 2 aromatic heterocycles. The number of furan rings is 2. The lowest BCUT2D eigenvalue weighted by Crippen LogP contribution is -2.24. The van der Waals surface area contributed by atoms with Crippen molar-refractivity contribution in [3.05, 3.63) is 340 Å². The molecule has 15 aromatic carbocycles. The smallest absolute Gasteiger partial charge is 0.137 e. The molecule has 0 N–H and O–H groups in total. The van der Waals surface area contributed by atoms with E-state index in [0.717, 1.165) is 168 Å². The standard InChI is InChI=1S/C86H56N6O2/c1-5-23-61(24-6-1)87(62-25-7-2-8-26-62)65-31-21-33-67(51-65)89-75-37-15-17-39-77(75)91(81-55-85-73(53-79(81)89)71-35-13-19-41-83(71)93-85)69-45-43-57-48-60-50-70(46-44-58(60)47-59(57)49-69)92-78-40-18-16-38-76(78)90(80-54-74-72-36-14-20-42-84(72)94-86(74)56-82(80)92)68-34-22-32-66(52-68)88(63-27-9-3-10-28-63)64-29-11-4-12-30-64/h1-56H. The molecule has 442 valence electrons. The molecule has 0 bridgehead atoms. The van der Waals surface area contributed by atoms with Crippen LogP contribution in [0.15, 0.2) is 349 Å². The van der Waals surface area contributed by atoms with E-state index in [1.54, 1.807) is 0 Å². The van der Waals surface area contributed by atoms with Crippen molar-refractivity contribution in [3.63, 3.8) is 0 Å². The van der Waals surface area contributed by atoms with E-state index in [4.69, 9.17) is 8.83 Å². The number of benzene rings is 15. The third-order valence-electron chi connectivity index (χ3n) is 18.7. The van der Waals surface area contributed by atoms with E-state index in [-0.39, 0.29) is 0 Å². The van der Waals surface area contributed by atoms with Crippen LogP contribution in [-0.2, 0) is 0 Å². The highest BCUT2D eigenvalue weighted by atomic mass is 16.3. The van der Waals surface area contributed by atoms with Gasteiger partial charge in [-0.2, -0.15) is 0 Å². The number of rotatable bonds is 10. The first kappa shape index (κ1) is 53.1. The van der Waals surface area contributed by atoms with Gasteiger partial charge in [-0.05, 0) is 191 Å². The number of hydrogen-bond acceptors (Lipinski definition) is 8. The average Bonchev–Trinajstić information content (AvgIpc) is 1.14. The molecule has 0 radical (unpaired) electrons. The van der Waals surface area contributed by atoms with Gasteiger partial charge < -0.3 is 38.2 Å². The van der Waals surface area contributed by atoms with Crippen molar-refractivity contribution in [2.45, 2.75) is 0 Å². The van der Waals surface area contributed by atoms with Gasteiger partial charge in [-0.1, -0.05) is 158 Å². The highest BCUT2D eigenvalue weighted by molar-refractivity contribution is 6.15. The zero-order valence-electron chi connectivity index (χ0n) is 50.8. The molecule has 0 amide bonds. The molecule has 2 aliphatic rings.